The van der Waals surface area contributed by atoms with Crippen molar-refractivity contribution in [3.8, 4) is 5.75 Å². The van der Waals surface area contributed by atoms with E-state index in [0.717, 1.165) is 39.5 Å². The van der Waals surface area contributed by atoms with Crippen molar-refractivity contribution in [2.75, 3.05) is 18.6 Å². The van der Waals surface area contributed by atoms with Gasteiger partial charge in [0, 0.05) is 29.9 Å². The Kier molecular flexibility index (Phi) is 6.78. The molecule has 1 aliphatic rings. The number of rotatable bonds is 8. The summed E-state index contributed by atoms with van der Waals surface area (Å²) in [6.07, 6.45) is 1.66. The van der Waals surface area contributed by atoms with Crippen molar-refractivity contribution >= 4 is 17.4 Å². The maximum absolute atomic E-state index is 12.6. The van der Waals surface area contributed by atoms with Crippen LogP contribution in [0.25, 0.3) is 0 Å². The number of likely N-dealkylation sites (N-methyl/N-ethyl adjacent to an activating group) is 1. The van der Waals surface area contributed by atoms with Crippen LogP contribution in [0.2, 0.25) is 0 Å². The second-order valence-electron chi connectivity index (χ2n) is 9.27. The van der Waals surface area contributed by atoms with Crippen LogP contribution in [0.3, 0.4) is 0 Å². The molecule has 7 heteroatoms. The van der Waals surface area contributed by atoms with Crippen LogP contribution in [0.5, 0.6) is 5.75 Å². The third-order valence-electron chi connectivity index (χ3n) is 6.45. The molecule has 0 bridgehead atoms. The van der Waals surface area contributed by atoms with Gasteiger partial charge in [-0.15, -0.1) is 0 Å². The number of hydrogen-bond donors (Lipinski definition) is 0. The molecule has 7 nitrogen and oxygen atoms in total. The topological polar surface area (TPSA) is 81.9 Å². The molecule has 0 N–H and O–H groups in total. The lowest BCUT2D eigenvalue weighted by Gasteiger charge is -2.23. The maximum Gasteiger partial charge on any atom is 0.310 e. The number of nitrogens with zero attached hydrogens (tertiary/aromatic N) is 2. The summed E-state index contributed by atoms with van der Waals surface area (Å²) >= 11 is 0. The van der Waals surface area contributed by atoms with Crippen molar-refractivity contribution < 1.29 is 23.6 Å². The summed E-state index contributed by atoms with van der Waals surface area (Å²) in [7, 11) is 1.94. The van der Waals surface area contributed by atoms with Gasteiger partial charge in [0.05, 0.1) is 17.7 Å². The lowest BCUT2D eigenvalue weighted by atomic mass is 9.83. The summed E-state index contributed by atoms with van der Waals surface area (Å²) in [6, 6.07) is 15.3. The van der Waals surface area contributed by atoms with Crippen molar-refractivity contribution in [1.82, 2.24) is 5.16 Å². The highest BCUT2D eigenvalue weighted by molar-refractivity contribution is 5.94. The van der Waals surface area contributed by atoms with Crippen molar-refractivity contribution in [2.45, 2.75) is 46.1 Å². The number of ketones is 1. The number of allylic oxidation sites excluding steroid dienone is 1. The van der Waals surface area contributed by atoms with Gasteiger partial charge in [-0.2, -0.15) is 0 Å². The van der Waals surface area contributed by atoms with Gasteiger partial charge >= 0.3 is 5.97 Å². The van der Waals surface area contributed by atoms with Crippen molar-refractivity contribution in [1.29, 1.82) is 0 Å². The molecule has 182 valence electrons. The number of benzene rings is 2. The van der Waals surface area contributed by atoms with Crippen LogP contribution < -0.4 is 9.64 Å². The third-order valence-corrected chi connectivity index (χ3v) is 6.45. The number of aryl methyl sites for hydroxylation is 2. The Bertz CT molecular complexity index is 1250. The van der Waals surface area contributed by atoms with Gasteiger partial charge in [0.25, 0.3) is 0 Å². The lowest BCUT2D eigenvalue weighted by molar-refractivity contribution is -0.146. The number of fused-ring (bicyclic) bond motifs is 1. The lowest BCUT2D eigenvalue weighted by Crippen LogP contribution is -2.25. The first-order chi connectivity index (χ1) is 16.7. The Balaban J connectivity index is 1.29. The first-order valence-electron chi connectivity index (χ1n) is 11.5. The highest BCUT2D eigenvalue weighted by atomic mass is 16.5. The van der Waals surface area contributed by atoms with Gasteiger partial charge in [0.15, 0.2) is 12.4 Å². The summed E-state index contributed by atoms with van der Waals surface area (Å²) < 4.78 is 16.2. The van der Waals surface area contributed by atoms with E-state index < -0.39 is 5.97 Å². The molecule has 0 spiro atoms. The van der Waals surface area contributed by atoms with E-state index >= 15 is 0 Å². The third kappa shape index (κ3) is 5.14. The summed E-state index contributed by atoms with van der Waals surface area (Å²) in [5.74, 6) is 0.709. The van der Waals surface area contributed by atoms with Crippen LogP contribution >= 0.6 is 0 Å². The molecule has 35 heavy (non-hydrogen) atoms. The molecule has 0 unspecified atom stereocenters. The van der Waals surface area contributed by atoms with E-state index in [4.69, 9.17) is 14.0 Å². The fourth-order valence-corrected chi connectivity index (χ4v) is 4.39. The van der Waals surface area contributed by atoms with E-state index in [2.05, 4.69) is 25.1 Å². The normalized spacial score (nSPS) is 15.2. The number of aromatic nitrogens is 1. The fourth-order valence-electron chi connectivity index (χ4n) is 4.39. The molecule has 1 aliphatic heterocycles. The minimum Gasteiger partial charge on any atom is -0.489 e. The smallest absolute Gasteiger partial charge is 0.310 e. The van der Waals surface area contributed by atoms with E-state index in [-0.39, 0.29) is 24.2 Å². The zero-order chi connectivity index (χ0) is 25.2. The highest BCUT2D eigenvalue weighted by Crippen LogP contribution is 2.46. The molecule has 0 saturated carbocycles. The van der Waals surface area contributed by atoms with Gasteiger partial charge in [0.1, 0.15) is 18.1 Å². The number of para-hydroxylation sites is 1. The van der Waals surface area contributed by atoms with Crippen LogP contribution in [0, 0.1) is 13.8 Å². The van der Waals surface area contributed by atoms with Crippen LogP contribution in [0.4, 0.5) is 5.69 Å². The van der Waals surface area contributed by atoms with E-state index in [0.29, 0.717) is 12.4 Å². The quantitative estimate of drug-likeness (QED) is 0.341. The maximum atomic E-state index is 12.6. The number of hydrogen-bond acceptors (Lipinski definition) is 7. The Morgan fingerprint density at radius 2 is 1.80 bits per heavy atom. The molecule has 0 amide bonds. The molecule has 1 aromatic heterocycles. The van der Waals surface area contributed by atoms with E-state index in [1.54, 1.807) is 30.3 Å². The van der Waals surface area contributed by atoms with E-state index in [9.17, 15) is 9.59 Å². The Morgan fingerprint density at radius 1 is 1.09 bits per heavy atom. The molecule has 0 fully saturated rings. The Labute approximate surface area is 205 Å². The predicted molar refractivity (Wildman–Crippen MR) is 132 cm³/mol. The molecular weight excluding hydrogens is 444 g/mol. The van der Waals surface area contributed by atoms with E-state index in [1.807, 2.05) is 44.0 Å². The molecule has 3 aromatic rings. The average Bonchev–Trinajstić information content (AvgIpc) is 3.25. The zero-order valence-electron chi connectivity index (χ0n) is 20.8. The monoisotopic (exact) mass is 474 g/mol. The molecule has 0 atom stereocenters. The van der Waals surface area contributed by atoms with Crippen molar-refractivity contribution in [2.24, 2.45) is 0 Å². The zero-order valence-corrected chi connectivity index (χ0v) is 20.8. The summed E-state index contributed by atoms with van der Waals surface area (Å²) in [6.45, 7) is 7.96. The minimum atomic E-state index is -0.455. The predicted octanol–water partition coefficient (Wildman–Crippen LogP) is 4.84. The van der Waals surface area contributed by atoms with Gasteiger partial charge in [0.2, 0.25) is 0 Å². The number of ether oxygens (including phenoxy) is 2. The van der Waals surface area contributed by atoms with E-state index in [1.165, 1.54) is 0 Å². The van der Waals surface area contributed by atoms with Crippen LogP contribution in [0.15, 0.2) is 64.8 Å². The van der Waals surface area contributed by atoms with Crippen LogP contribution in [-0.4, -0.2) is 30.6 Å². The summed E-state index contributed by atoms with van der Waals surface area (Å²) in [5, 5.41) is 3.92. The summed E-state index contributed by atoms with van der Waals surface area (Å²) in [4.78, 5) is 26.9. The Morgan fingerprint density at radius 3 is 2.46 bits per heavy atom. The van der Waals surface area contributed by atoms with Crippen molar-refractivity contribution in [3.05, 3.63) is 88.4 Å². The SMILES string of the molecule is Cc1noc(C)c1COc1ccc(CC(=O)OCC(=O)C=C2N(C)c3ccccc3C2(C)C)cc1. The molecule has 2 aromatic carbocycles. The first-order valence-corrected chi connectivity index (χ1v) is 11.5. The van der Waals surface area contributed by atoms with Gasteiger partial charge in [-0.3, -0.25) is 9.59 Å². The second-order valence-corrected chi connectivity index (χ2v) is 9.27. The minimum absolute atomic E-state index is 0.0742. The first kappa shape index (κ1) is 24.3. The number of esters is 1. The van der Waals surface area contributed by atoms with Gasteiger partial charge < -0.3 is 18.9 Å². The van der Waals surface area contributed by atoms with Crippen molar-refractivity contribution in [3.63, 3.8) is 0 Å². The molecular formula is C28H30N2O5. The summed E-state index contributed by atoms with van der Waals surface area (Å²) in [5.41, 5.74) is 5.32. The van der Waals surface area contributed by atoms with Gasteiger partial charge in [-0.1, -0.05) is 49.3 Å². The fraction of sp³-hybridized carbons (Fsp3) is 0.321. The molecule has 2 heterocycles. The number of anilines is 1. The van der Waals surface area contributed by atoms with Gasteiger partial charge in [-0.05, 0) is 43.2 Å². The Hall–Kier alpha value is -3.87. The van der Waals surface area contributed by atoms with Gasteiger partial charge in [-0.25, -0.2) is 0 Å². The largest absolute Gasteiger partial charge is 0.489 e. The van der Waals surface area contributed by atoms with Crippen LogP contribution in [-0.2, 0) is 32.8 Å². The number of carbonyl (C=O) groups is 2. The number of carbonyl (C=O) groups excluding carboxylic acids is 2. The molecule has 0 aliphatic carbocycles. The molecule has 4 rings (SSSR count). The average molecular weight is 475 g/mol. The molecule has 0 radical (unpaired) electrons. The second kappa shape index (κ2) is 9.78. The highest BCUT2D eigenvalue weighted by Gasteiger charge is 2.38. The standard InChI is InChI=1S/C28H30N2O5/c1-18-23(19(2)35-29-18)17-33-22-12-10-20(11-13-22)14-27(32)34-16-21(31)15-26-28(3,4)24-8-6-7-9-25(24)30(26)5/h6-13,15H,14,16-17H2,1-5H3. The molecule has 0 saturated heterocycles. The van der Waals surface area contributed by atoms with Crippen LogP contribution in [0.1, 0.15) is 42.0 Å².